The smallest absolute Gasteiger partial charge is 0.237 e. The lowest BCUT2D eigenvalue weighted by Gasteiger charge is -2.29. The molecular weight excluding hydrogens is 294 g/mol. The zero-order chi connectivity index (χ0) is 15.5. The number of sulfonamides is 1. The minimum atomic E-state index is -3.52. The van der Waals surface area contributed by atoms with Crippen LogP contribution in [0.4, 0.5) is 5.69 Å². The van der Waals surface area contributed by atoms with Crippen LogP contribution in [0.1, 0.15) is 18.4 Å². The summed E-state index contributed by atoms with van der Waals surface area (Å²) in [5.74, 6) is -0.125. The van der Waals surface area contributed by atoms with E-state index in [-0.39, 0.29) is 5.84 Å². The summed E-state index contributed by atoms with van der Waals surface area (Å²) >= 11 is 0. The fourth-order valence-electron chi connectivity index (χ4n) is 2.35. The number of ether oxygens (including phenoxy) is 1. The van der Waals surface area contributed by atoms with Crippen LogP contribution >= 0.6 is 0 Å². The maximum Gasteiger partial charge on any atom is 0.237 e. The summed E-state index contributed by atoms with van der Waals surface area (Å²) in [6, 6.07) is 6.65. The van der Waals surface area contributed by atoms with E-state index in [1.54, 1.807) is 24.3 Å². The van der Waals surface area contributed by atoms with E-state index in [4.69, 9.17) is 15.7 Å². The number of hydrogen-bond acceptors (Lipinski definition) is 5. The van der Waals surface area contributed by atoms with Gasteiger partial charge < -0.3 is 15.7 Å². The standard InChI is InChI=1S/C13H19N3O4S/c1-16(21(18,19)10-6-8-20-9-7-10)12-5-3-2-4-11(12)13(14)15-17/h2-5,10,17H,6-9H2,1H3,(H2,14,15). The van der Waals surface area contributed by atoms with Gasteiger partial charge in [0.2, 0.25) is 10.0 Å². The van der Waals surface area contributed by atoms with Crippen LogP contribution in [0.2, 0.25) is 0 Å². The lowest BCUT2D eigenvalue weighted by Crippen LogP contribution is -2.40. The average Bonchev–Trinajstić information content (AvgIpc) is 2.54. The second kappa shape index (κ2) is 6.31. The highest BCUT2D eigenvalue weighted by atomic mass is 32.2. The minimum absolute atomic E-state index is 0.125. The molecule has 8 heteroatoms. The van der Waals surface area contributed by atoms with Crippen LogP contribution in [0.15, 0.2) is 29.4 Å². The number of oxime groups is 1. The van der Waals surface area contributed by atoms with E-state index in [1.807, 2.05) is 0 Å². The zero-order valence-corrected chi connectivity index (χ0v) is 12.6. The molecule has 2 rings (SSSR count). The molecule has 116 valence electrons. The van der Waals surface area contributed by atoms with E-state index in [2.05, 4.69) is 5.16 Å². The van der Waals surface area contributed by atoms with Crippen molar-refractivity contribution >= 4 is 21.5 Å². The summed E-state index contributed by atoms with van der Waals surface area (Å²) in [5.41, 5.74) is 6.37. The lowest BCUT2D eigenvalue weighted by atomic mass is 10.1. The van der Waals surface area contributed by atoms with Gasteiger partial charge in [-0.1, -0.05) is 17.3 Å². The predicted molar refractivity (Wildman–Crippen MR) is 80.1 cm³/mol. The molecule has 1 fully saturated rings. The topological polar surface area (TPSA) is 105 Å². The van der Waals surface area contributed by atoms with E-state index in [9.17, 15) is 8.42 Å². The Morgan fingerprint density at radius 1 is 1.38 bits per heavy atom. The number of para-hydroxylation sites is 1. The molecule has 0 bridgehead atoms. The molecule has 7 nitrogen and oxygen atoms in total. The van der Waals surface area contributed by atoms with Crippen LogP contribution in [0.5, 0.6) is 0 Å². The Labute approximate surface area is 124 Å². The van der Waals surface area contributed by atoms with Gasteiger partial charge in [0, 0.05) is 25.8 Å². The van der Waals surface area contributed by atoms with Crippen LogP contribution in [-0.2, 0) is 14.8 Å². The van der Waals surface area contributed by atoms with Crippen molar-refractivity contribution in [3.8, 4) is 0 Å². The Kier molecular flexibility index (Phi) is 4.69. The number of nitrogens with zero attached hydrogens (tertiary/aromatic N) is 2. The quantitative estimate of drug-likeness (QED) is 0.369. The molecule has 1 saturated heterocycles. The highest BCUT2D eigenvalue weighted by Crippen LogP contribution is 2.26. The zero-order valence-electron chi connectivity index (χ0n) is 11.8. The van der Waals surface area contributed by atoms with Crippen LogP contribution in [0.3, 0.4) is 0 Å². The summed E-state index contributed by atoms with van der Waals surface area (Å²) in [5, 5.41) is 11.3. The summed E-state index contributed by atoms with van der Waals surface area (Å²) < 4.78 is 31.8. The molecule has 0 aliphatic carbocycles. The maximum absolute atomic E-state index is 12.7. The van der Waals surface area contributed by atoms with E-state index >= 15 is 0 Å². The van der Waals surface area contributed by atoms with Gasteiger partial charge in [-0.3, -0.25) is 4.31 Å². The molecule has 0 aromatic heterocycles. The van der Waals surface area contributed by atoms with Crippen molar-refractivity contribution in [3.05, 3.63) is 29.8 Å². The maximum atomic E-state index is 12.7. The Morgan fingerprint density at radius 3 is 2.62 bits per heavy atom. The van der Waals surface area contributed by atoms with E-state index < -0.39 is 15.3 Å². The SMILES string of the molecule is CN(c1ccccc1/C(N)=N/O)S(=O)(=O)C1CCOCC1. The summed E-state index contributed by atoms with van der Waals surface area (Å²) in [6.45, 7) is 0.888. The van der Waals surface area contributed by atoms with Gasteiger partial charge in [-0.15, -0.1) is 0 Å². The molecular formula is C13H19N3O4S. The number of nitrogens with two attached hydrogens (primary N) is 1. The highest BCUT2D eigenvalue weighted by molar-refractivity contribution is 7.93. The second-order valence-electron chi connectivity index (χ2n) is 4.83. The predicted octanol–water partition coefficient (Wildman–Crippen LogP) is 0.726. The minimum Gasteiger partial charge on any atom is -0.409 e. The second-order valence-corrected chi connectivity index (χ2v) is 7.07. The van der Waals surface area contributed by atoms with E-state index in [0.717, 1.165) is 0 Å². The number of rotatable bonds is 4. The molecule has 0 unspecified atom stereocenters. The third kappa shape index (κ3) is 3.11. The largest absolute Gasteiger partial charge is 0.409 e. The molecule has 0 saturated carbocycles. The average molecular weight is 313 g/mol. The molecule has 21 heavy (non-hydrogen) atoms. The Balaban J connectivity index is 2.37. The molecule has 0 radical (unpaired) electrons. The lowest BCUT2D eigenvalue weighted by molar-refractivity contribution is 0.0983. The summed E-state index contributed by atoms with van der Waals surface area (Å²) in [7, 11) is -2.04. The van der Waals surface area contributed by atoms with E-state index in [1.165, 1.54) is 11.4 Å². The van der Waals surface area contributed by atoms with Crippen LogP contribution in [0, 0.1) is 0 Å². The van der Waals surface area contributed by atoms with Crippen LogP contribution < -0.4 is 10.0 Å². The highest BCUT2D eigenvalue weighted by Gasteiger charge is 2.32. The number of amidine groups is 1. The van der Waals surface area contributed by atoms with Crippen molar-refractivity contribution in [2.75, 3.05) is 24.6 Å². The van der Waals surface area contributed by atoms with Gasteiger partial charge in [0.05, 0.1) is 10.9 Å². The summed E-state index contributed by atoms with van der Waals surface area (Å²) in [6.07, 6.45) is 0.941. The monoisotopic (exact) mass is 313 g/mol. The Morgan fingerprint density at radius 2 is 2.00 bits per heavy atom. The number of hydrogen-bond donors (Lipinski definition) is 2. The fourth-order valence-corrected chi connectivity index (χ4v) is 4.02. The molecule has 3 N–H and O–H groups in total. The molecule has 0 spiro atoms. The van der Waals surface area contributed by atoms with Crippen LogP contribution in [0.25, 0.3) is 0 Å². The van der Waals surface area contributed by atoms with E-state index in [0.29, 0.717) is 37.3 Å². The first kappa shape index (κ1) is 15.6. The molecule has 0 atom stereocenters. The van der Waals surface area contributed by atoms with Crippen molar-refractivity contribution in [2.45, 2.75) is 18.1 Å². The first-order chi connectivity index (χ1) is 9.98. The van der Waals surface area contributed by atoms with Crippen molar-refractivity contribution in [3.63, 3.8) is 0 Å². The molecule has 1 heterocycles. The van der Waals surface area contributed by atoms with Crippen molar-refractivity contribution in [2.24, 2.45) is 10.9 Å². The Hall–Kier alpha value is -1.80. The molecule has 1 aliphatic heterocycles. The summed E-state index contributed by atoms with van der Waals surface area (Å²) in [4.78, 5) is 0. The first-order valence-electron chi connectivity index (χ1n) is 6.61. The fraction of sp³-hybridized carbons (Fsp3) is 0.462. The van der Waals surface area contributed by atoms with Crippen molar-refractivity contribution in [1.82, 2.24) is 0 Å². The third-order valence-electron chi connectivity index (χ3n) is 3.60. The normalized spacial score (nSPS) is 17.7. The van der Waals surface area contributed by atoms with Gasteiger partial charge in [-0.05, 0) is 25.0 Å². The van der Waals surface area contributed by atoms with Crippen molar-refractivity contribution in [1.29, 1.82) is 0 Å². The number of anilines is 1. The van der Waals surface area contributed by atoms with Crippen LogP contribution in [-0.4, -0.2) is 45.0 Å². The first-order valence-corrected chi connectivity index (χ1v) is 8.11. The molecule has 0 amide bonds. The van der Waals surface area contributed by atoms with Gasteiger partial charge >= 0.3 is 0 Å². The Bertz CT molecular complexity index is 624. The van der Waals surface area contributed by atoms with Gasteiger partial charge in [-0.2, -0.15) is 0 Å². The van der Waals surface area contributed by atoms with Gasteiger partial charge in [0.25, 0.3) is 0 Å². The molecule has 1 aliphatic rings. The number of benzene rings is 1. The molecule has 1 aromatic rings. The van der Waals surface area contributed by atoms with Gasteiger partial charge in [0.1, 0.15) is 0 Å². The van der Waals surface area contributed by atoms with Gasteiger partial charge in [-0.25, -0.2) is 8.42 Å². The third-order valence-corrected chi connectivity index (χ3v) is 5.87. The van der Waals surface area contributed by atoms with Gasteiger partial charge in [0.15, 0.2) is 5.84 Å². The molecule has 1 aromatic carbocycles. The van der Waals surface area contributed by atoms with Crippen molar-refractivity contribution < 1.29 is 18.4 Å².